The van der Waals surface area contributed by atoms with E-state index in [1.807, 2.05) is 30.3 Å². The largest absolute Gasteiger partial charge is 0.423 e. The molecule has 2 heterocycles. The molecule has 0 fully saturated rings. The first kappa shape index (κ1) is 18.5. The average Bonchev–Trinajstić information content (AvgIpc) is 2.70. The van der Waals surface area contributed by atoms with E-state index in [4.69, 9.17) is 16.3 Å². The molecule has 0 unspecified atom stereocenters. The van der Waals surface area contributed by atoms with Crippen LogP contribution in [0.3, 0.4) is 0 Å². The number of nitrogens with one attached hydrogen (secondary N) is 1. The highest BCUT2D eigenvalue weighted by atomic mass is 35.5. The second kappa shape index (κ2) is 8.04. The molecule has 0 saturated carbocycles. The second-order valence-electron chi connectivity index (χ2n) is 6.10. The topological polar surface area (TPSA) is 83.4 Å². The lowest BCUT2D eigenvalue weighted by molar-refractivity contribution is -0.133. The zero-order chi connectivity index (χ0) is 19.5. The van der Waals surface area contributed by atoms with E-state index in [2.05, 4.69) is 15.5 Å². The van der Waals surface area contributed by atoms with Crippen molar-refractivity contribution >= 4 is 51.8 Å². The number of amidine groups is 1. The Hall–Kier alpha value is -2.84. The van der Waals surface area contributed by atoms with Crippen LogP contribution in [0.2, 0.25) is 5.02 Å². The van der Waals surface area contributed by atoms with E-state index >= 15 is 0 Å². The summed E-state index contributed by atoms with van der Waals surface area (Å²) in [6, 6.07) is 14.7. The number of hydrogen-bond donors (Lipinski definition) is 1. The number of thioether (sulfide) groups is 1. The molecule has 0 aromatic heterocycles. The number of halogens is 1. The first-order chi connectivity index (χ1) is 13.6. The first-order valence-electron chi connectivity index (χ1n) is 8.46. The third-order valence-electron chi connectivity index (χ3n) is 4.10. The predicted octanol–water partition coefficient (Wildman–Crippen LogP) is 2.69. The number of amides is 1. The quantitative estimate of drug-likeness (QED) is 0.616. The Morgan fingerprint density at radius 3 is 2.79 bits per heavy atom. The van der Waals surface area contributed by atoms with E-state index in [9.17, 15) is 9.59 Å². The van der Waals surface area contributed by atoms with Crippen molar-refractivity contribution in [2.24, 2.45) is 10.2 Å². The molecule has 7 nitrogen and oxygen atoms in total. The number of benzene rings is 2. The molecule has 0 spiro atoms. The number of esters is 1. The van der Waals surface area contributed by atoms with Gasteiger partial charge in [-0.2, -0.15) is 5.10 Å². The lowest BCUT2D eigenvalue weighted by Gasteiger charge is -2.29. The fraction of sp³-hybridized carbons (Fsp3) is 0.158. The SMILES string of the molecule is O=C(CN1CC(=O)Oc2ccc(Cl)cc21)NC1=NN=C(c2ccccc2)CS1. The molecule has 0 atom stereocenters. The third kappa shape index (κ3) is 4.18. The van der Waals surface area contributed by atoms with Gasteiger partial charge in [-0.1, -0.05) is 53.7 Å². The molecule has 2 aliphatic rings. The molecule has 0 saturated heterocycles. The van der Waals surface area contributed by atoms with E-state index in [0.29, 0.717) is 27.4 Å². The van der Waals surface area contributed by atoms with Crippen LogP contribution in [0, 0.1) is 0 Å². The van der Waals surface area contributed by atoms with Crippen molar-refractivity contribution in [3.05, 3.63) is 59.1 Å². The number of fused-ring (bicyclic) bond motifs is 1. The molecule has 4 rings (SSSR count). The van der Waals surface area contributed by atoms with Crippen molar-refractivity contribution in [1.29, 1.82) is 0 Å². The van der Waals surface area contributed by atoms with Gasteiger partial charge in [0.1, 0.15) is 6.54 Å². The number of nitrogens with zero attached hydrogens (tertiary/aromatic N) is 3. The van der Waals surface area contributed by atoms with E-state index in [-0.39, 0.29) is 19.0 Å². The third-order valence-corrected chi connectivity index (χ3v) is 5.21. The van der Waals surface area contributed by atoms with Crippen molar-refractivity contribution < 1.29 is 14.3 Å². The molecule has 9 heteroatoms. The fourth-order valence-corrected chi connectivity index (χ4v) is 3.77. The maximum atomic E-state index is 12.5. The minimum absolute atomic E-state index is 0.0305. The van der Waals surface area contributed by atoms with Crippen LogP contribution in [0.25, 0.3) is 0 Å². The summed E-state index contributed by atoms with van der Waals surface area (Å²) < 4.78 is 5.19. The summed E-state index contributed by atoms with van der Waals surface area (Å²) in [5.74, 6) is 0.265. The van der Waals surface area contributed by atoms with Gasteiger partial charge in [-0.25, -0.2) is 4.79 Å². The minimum Gasteiger partial charge on any atom is -0.423 e. The number of rotatable bonds is 3. The van der Waals surface area contributed by atoms with Crippen molar-refractivity contribution in [2.75, 3.05) is 23.7 Å². The Morgan fingerprint density at radius 1 is 1.21 bits per heavy atom. The number of anilines is 1. The predicted molar refractivity (Wildman–Crippen MR) is 110 cm³/mol. The van der Waals surface area contributed by atoms with Crippen LogP contribution in [0.4, 0.5) is 5.69 Å². The normalized spacial score (nSPS) is 15.9. The monoisotopic (exact) mass is 414 g/mol. The molecule has 0 radical (unpaired) electrons. The van der Waals surface area contributed by atoms with Crippen LogP contribution < -0.4 is 15.0 Å². The summed E-state index contributed by atoms with van der Waals surface area (Å²) in [5.41, 5.74) is 2.46. The van der Waals surface area contributed by atoms with Gasteiger partial charge >= 0.3 is 5.97 Å². The van der Waals surface area contributed by atoms with Crippen molar-refractivity contribution in [3.63, 3.8) is 0 Å². The maximum Gasteiger partial charge on any atom is 0.331 e. The van der Waals surface area contributed by atoms with Crippen LogP contribution in [0.1, 0.15) is 5.56 Å². The number of carbonyl (C=O) groups excluding carboxylic acids is 2. The number of carbonyl (C=O) groups is 2. The molecule has 0 bridgehead atoms. The van der Waals surface area contributed by atoms with Gasteiger partial charge in [0.15, 0.2) is 10.9 Å². The van der Waals surface area contributed by atoms with Gasteiger partial charge in [0.25, 0.3) is 0 Å². The Labute approximate surface area is 170 Å². The van der Waals surface area contributed by atoms with E-state index in [1.165, 1.54) is 11.8 Å². The first-order valence-corrected chi connectivity index (χ1v) is 9.82. The van der Waals surface area contributed by atoms with Gasteiger partial charge < -0.3 is 15.0 Å². The summed E-state index contributed by atoms with van der Waals surface area (Å²) in [5, 5.41) is 12.0. The summed E-state index contributed by atoms with van der Waals surface area (Å²) in [4.78, 5) is 25.9. The van der Waals surface area contributed by atoms with Crippen LogP contribution in [0.5, 0.6) is 5.75 Å². The van der Waals surface area contributed by atoms with Crippen LogP contribution in [-0.4, -0.2) is 41.6 Å². The van der Waals surface area contributed by atoms with Gasteiger partial charge in [-0.3, -0.25) is 4.79 Å². The minimum atomic E-state index is -0.427. The Morgan fingerprint density at radius 2 is 2.04 bits per heavy atom. The van der Waals surface area contributed by atoms with Gasteiger partial charge in [0.05, 0.1) is 17.9 Å². The Kier molecular flexibility index (Phi) is 5.31. The average molecular weight is 415 g/mol. The standard InChI is InChI=1S/C19H15ClN4O3S/c20-13-6-7-16-15(8-13)24(10-18(26)27-16)9-17(25)21-19-23-22-14(11-28-19)12-4-2-1-3-5-12/h1-8H,9-11H2,(H,21,23,25). The van der Waals surface area contributed by atoms with Crippen LogP contribution >= 0.6 is 23.4 Å². The number of hydrogen-bond acceptors (Lipinski definition) is 7. The zero-order valence-corrected chi connectivity index (χ0v) is 16.2. The lowest BCUT2D eigenvalue weighted by atomic mass is 10.1. The molecule has 0 aliphatic carbocycles. The van der Waals surface area contributed by atoms with Crippen molar-refractivity contribution in [3.8, 4) is 5.75 Å². The highest BCUT2D eigenvalue weighted by molar-refractivity contribution is 8.14. The van der Waals surface area contributed by atoms with E-state index in [0.717, 1.165) is 11.3 Å². The van der Waals surface area contributed by atoms with E-state index in [1.54, 1.807) is 23.1 Å². The van der Waals surface area contributed by atoms with Gasteiger partial charge in [-0.05, 0) is 23.8 Å². The molecule has 142 valence electrons. The molecule has 2 aromatic carbocycles. The molecule has 2 aromatic rings. The molecule has 1 N–H and O–H groups in total. The Bertz CT molecular complexity index is 994. The molecular formula is C19H15ClN4O3S. The summed E-state index contributed by atoms with van der Waals surface area (Å²) in [7, 11) is 0. The lowest BCUT2D eigenvalue weighted by Crippen LogP contribution is -2.44. The summed E-state index contributed by atoms with van der Waals surface area (Å²) in [6.45, 7) is -0.0615. The number of ether oxygens (including phenoxy) is 1. The fourth-order valence-electron chi connectivity index (χ4n) is 2.83. The van der Waals surface area contributed by atoms with Crippen molar-refractivity contribution in [1.82, 2.24) is 5.32 Å². The molecule has 28 heavy (non-hydrogen) atoms. The van der Waals surface area contributed by atoms with Gasteiger partial charge in [0.2, 0.25) is 5.91 Å². The highest BCUT2D eigenvalue weighted by Crippen LogP contribution is 2.34. The summed E-state index contributed by atoms with van der Waals surface area (Å²) >= 11 is 7.43. The van der Waals surface area contributed by atoms with Gasteiger partial charge in [-0.15, -0.1) is 5.10 Å². The zero-order valence-electron chi connectivity index (χ0n) is 14.6. The van der Waals surface area contributed by atoms with Crippen molar-refractivity contribution in [2.45, 2.75) is 0 Å². The smallest absolute Gasteiger partial charge is 0.331 e. The second-order valence-corrected chi connectivity index (χ2v) is 7.50. The molecular weight excluding hydrogens is 400 g/mol. The van der Waals surface area contributed by atoms with Crippen LogP contribution in [0.15, 0.2) is 58.7 Å². The molecule has 2 aliphatic heterocycles. The maximum absolute atomic E-state index is 12.5. The van der Waals surface area contributed by atoms with Gasteiger partial charge in [0, 0.05) is 10.8 Å². The van der Waals surface area contributed by atoms with E-state index < -0.39 is 5.97 Å². The highest BCUT2D eigenvalue weighted by Gasteiger charge is 2.26. The summed E-state index contributed by atoms with van der Waals surface area (Å²) in [6.07, 6.45) is 0. The Balaban J connectivity index is 1.43. The molecule has 1 amide bonds. The van der Waals surface area contributed by atoms with Crippen LogP contribution in [-0.2, 0) is 9.59 Å².